The SMILES string of the molecule is CNCCC(=O)c1ccccc1OC(F)(F)F. The van der Waals surface area contributed by atoms with Crippen LogP contribution in [0.5, 0.6) is 5.75 Å². The first-order valence-electron chi connectivity index (χ1n) is 4.96. The first-order chi connectivity index (χ1) is 7.94. The fourth-order valence-electron chi connectivity index (χ4n) is 1.28. The Kier molecular flexibility index (Phi) is 4.51. The third kappa shape index (κ3) is 4.44. The highest BCUT2D eigenvalue weighted by Crippen LogP contribution is 2.26. The maximum Gasteiger partial charge on any atom is 0.573 e. The Morgan fingerprint density at radius 2 is 2.00 bits per heavy atom. The summed E-state index contributed by atoms with van der Waals surface area (Å²) in [5.41, 5.74) is -0.0555. The molecular formula is C11H12F3NO2. The van der Waals surface area contributed by atoms with Crippen molar-refractivity contribution >= 4 is 5.78 Å². The average molecular weight is 247 g/mol. The number of nitrogens with one attached hydrogen (secondary N) is 1. The van der Waals surface area contributed by atoms with Gasteiger partial charge in [0.25, 0.3) is 0 Å². The Morgan fingerprint density at radius 3 is 2.59 bits per heavy atom. The van der Waals surface area contributed by atoms with Crippen molar-refractivity contribution in [3.05, 3.63) is 29.8 Å². The summed E-state index contributed by atoms with van der Waals surface area (Å²) in [5.74, 6) is -0.847. The number of carbonyl (C=O) groups is 1. The van der Waals surface area contributed by atoms with E-state index in [9.17, 15) is 18.0 Å². The molecular weight excluding hydrogens is 235 g/mol. The summed E-state index contributed by atoms with van der Waals surface area (Å²) in [6, 6.07) is 5.32. The van der Waals surface area contributed by atoms with Gasteiger partial charge >= 0.3 is 6.36 Å². The lowest BCUT2D eigenvalue weighted by Crippen LogP contribution is -2.20. The van der Waals surface area contributed by atoms with Crippen LogP contribution in [0.15, 0.2) is 24.3 Å². The minimum absolute atomic E-state index is 0.0555. The van der Waals surface area contributed by atoms with Gasteiger partial charge in [-0.1, -0.05) is 12.1 Å². The van der Waals surface area contributed by atoms with Crippen LogP contribution in [0.25, 0.3) is 0 Å². The van der Waals surface area contributed by atoms with Gasteiger partial charge in [-0.05, 0) is 19.2 Å². The zero-order valence-corrected chi connectivity index (χ0v) is 9.17. The molecule has 0 heterocycles. The van der Waals surface area contributed by atoms with E-state index >= 15 is 0 Å². The summed E-state index contributed by atoms with van der Waals surface area (Å²) < 4.78 is 40.1. The van der Waals surface area contributed by atoms with Crippen molar-refractivity contribution in [3.63, 3.8) is 0 Å². The minimum Gasteiger partial charge on any atom is -0.405 e. The summed E-state index contributed by atoms with van der Waals surface area (Å²) >= 11 is 0. The van der Waals surface area contributed by atoms with E-state index in [1.54, 1.807) is 7.05 Å². The number of hydrogen-bond donors (Lipinski definition) is 1. The molecule has 0 atom stereocenters. The Balaban J connectivity index is 2.88. The van der Waals surface area contributed by atoms with Gasteiger partial charge in [0, 0.05) is 13.0 Å². The molecule has 0 amide bonds. The molecule has 17 heavy (non-hydrogen) atoms. The Labute approximate surface area is 96.6 Å². The molecule has 0 unspecified atom stereocenters. The predicted molar refractivity (Wildman–Crippen MR) is 56.0 cm³/mol. The Hall–Kier alpha value is -1.56. The lowest BCUT2D eigenvalue weighted by atomic mass is 10.1. The summed E-state index contributed by atoms with van der Waals surface area (Å²) in [5, 5.41) is 2.75. The number of hydrogen-bond acceptors (Lipinski definition) is 3. The predicted octanol–water partition coefficient (Wildman–Crippen LogP) is 2.38. The summed E-state index contributed by atoms with van der Waals surface area (Å²) in [6.45, 7) is 0.402. The number of alkyl halides is 3. The molecule has 1 aromatic rings. The van der Waals surface area contributed by atoms with Crippen LogP contribution >= 0.6 is 0 Å². The molecule has 3 nitrogen and oxygen atoms in total. The van der Waals surface area contributed by atoms with Crippen LogP contribution < -0.4 is 10.1 Å². The quantitative estimate of drug-likeness (QED) is 0.812. The zero-order valence-electron chi connectivity index (χ0n) is 9.17. The van der Waals surface area contributed by atoms with Crippen molar-refractivity contribution < 1.29 is 22.7 Å². The number of rotatable bonds is 5. The molecule has 0 radical (unpaired) electrons. The van der Waals surface area contributed by atoms with E-state index in [1.165, 1.54) is 18.2 Å². The Morgan fingerprint density at radius 1 is 1.35 bits per heavy atom. The van der Waals surface area contributed by atoms with Crippen LogP contribution in [0.4, 0.5) is 13.2 Å². The van der Waals surface area contributed by atoms with Crippen molar-refractivity contribution in [2.24, 2.45) is 0 Å². The second-order valence-electron chi connectivity index (χ2n) is 3.32. The van der Waals surface area contributed by atoms with E-state index in [2.05, 4.69) is 10.1 Å². The second kappa shape index (κ2) is 5.67. The molecule has 0 spiro atoms. The van der Waals surface area contributed by atoms with E-state index in [1.807, 2.05) is 0 Å². The van der Waals surface area contributed by atoms with Crippen LogP contribution in [0, 0.1) is 0 Å². The van der Waals surface area contributed by atoms with E-state index < -0.39 is 12.1 Å². The fourth-order valence-corrected chi connectivity index (χ4v) is 1.28. The summed E-state index contributed by atoms with van der Waals surface area (Å²) in [7, 11) is 1.66. The van der Waals surface area contributed by atoms with Crippen molar-refractivity contribution in [1.29, 1.82) is 0 Å². The second-order valence-corrected chi connectivity index (χ2v) is 3.32. The molecule has 1 rings (SSSR count). The molecule has 0 aliphatic rings. The van der Waals surface area contributed by atoms with Crippen LogP contribution in [-0.2, 0) is 0 Å². The minimum atomic E-state index is -4.79. The molecule has 0 saturated carbocycles. The van der Waals surface area contributed by atoms with Gasteiger partial charge in [0.1, 0.15) is 5.75 Å². The molecule has 1 N–H and O–H groups in total. The topological polar surface area (TPSA) is 38.3 Å². The van der Waals surface area contributed by atoms with Gasteiger partial charge < -0.3 is 10.1 Å². The van der Waals surface area contributed by atoms with Gasteiger partial charge in [0.2, 0.25) is 0 Å². The highest BCUT2D eigenvalue weighted by Gasteiger charge is 2.32. The number of ether oxygens (including phenoxy) is 1. The van der Waals surface area contributed by atoms with Crippen LogP contribution in [-0.4, -0.2) is 25.7 Å². The molecule has 6 heteroatoms. The molecule has 0 saturated heterocycles. The molecule has 0 bridgehead atoms. The molecule has 94 valence electrons. The monoisotopic (exact) mass is 247 g/mol. The van der Waals surface area contributed by atoms with Gasteiger partial charge in [-0.25, -0.2) is 0 Å². The lowest BCUT2D eigenvalue weighted by molar-refractivity contribution is -0.274. The molecule has 0 fully saturated rings. The number of ketones is 1. The first-order valence-corrected chi connectivity index (χ1v) is 4.96. The number of halogens is 3. The third-order valence-corrected chi connectivity index (χ3v) is 2.02. The molecule has 1 aromatic carbocycles. The van der Waals surface area contributed by atoms with E-state index in [4.69, 9.17) is 0 Å². The van der Waals surface area contributed by atoms with Crippen LogP contribution in [0.3, 0.4) is 0 Å². The number of carbonyl (C=O) groups excluding carboxylic acids is 1. The third-order valence-electron chi connectivity index (χ3n) is 2.02. The normalized spacial score (nSPS) is 11.3. The molecule has 0 aliphatic carbocycles. The lowest BCUT2D eigenvalue weighted by Gasteiger charge is -2.12. The summed E-state index contributed by atoms with van der Waals surface area (Å²) in [4.78, 5) is 11.6. The van der Waals surface area contributed by atoms with Crippen LogP contribution in [0.2, 0.25) is 0 Å². The van der Waals surface area contributed by atoms with Crippen molar-refractivity contribution in [1.82, 2.24) is 5.32 Å². The highest BCUT2D eigenvalue weighted by molar-refractivity contribution is 5.98. The summed E-state index contributed by atoms with van der Waals surface area (Å²) in [6.07, 6.45) is -4.67. The molecule has 0 aliphatic heterocycles. The standard InChI is InChI=1S/C11H12F3NO2/c1-15-7-6-9(16)8-4-2-3-5-10(8)17-11(12,13)14/h2-5,15H,6-7H2,1H3. The maximum absolute atomic E-state index is 12.1. The van der Waals surface area contributed by atoms with Crippen molar-refractivity contribution in [2.45, 2.75) is 12.8 Å². The van der Waals surface area contributed by atoms with E-state index in [-0.39, 0.29) is 17.8 Å². The molecule has 0 aromatic heterocycles. The number of para-hydroxylation sites is 1. The van der Waals surface area contributed by atoms with E-state index in [0.717, 1.165) is 6.07 Å². The van der Waals surface area contributed by atoms with Gasteiger partial charge in [0.15, 0.2) is 5.78 Å². The Bertz CT molecular complexity index is 391. The number of Topliss-reactive ketones (excluding diaryl/α,β-unsaturated/α-hetero) is 1. The van der Waals surface area contributed by atoms with Gasteiger partial charge in [-0.15, -0.1) is 13.2 Å². The van der Waals surface area contributed by atoms with Gasteiger partial charge in [0.05, 0.1) is 5.56 Å². The van der Waals surface area contributed by atoms with Gasteiger partial charge in [-0.3, -0.25) is 4.79 Å². The fraction of sp³-hybridized carbons (Fsp3) is 0.364. The van der Waals surface area contributed by atoms with E-state index in [0.29, 0.717) is 6.54 Å². The van der Waals surface area contributed by atoms with Crippen LogP contribution in [0.1, 0.15) is 16.8 Å². The highest BCUT2D eigenvalue weighted by atomic mass is 19.4. The largest absolute Gasteiger partial charge is 0.573 e. The number of benzene rings is 1. The smallest absolute Gasteiger partial charge is 0.405 e. The van der Waals surface area contributed by atoms with Gasteiger partial charge in [-0.2, -0.15) is 0 Å². The average Bonchev–Trinajstić information content (AvgIpc) is 2.24. The first kappa shape index (κ1) is 13.5. The zero-order chi connectivity index (χ0) is 12.9. The van der Waals surface area contributed by atoms with Crippen molar-refractivity contribution in [3.8, 4) is 5.75 Å². The maximum atomic E-state index is 12.1. The van der Waals surface area contributed by atoms with Crippen molar-refractivity contribution in [2.75, 3.05) is 13.6 Å².